The topological polar surface area (TPSA) is 83.6 Å². The van der Waals surface area contributed by atoms with Gasteiger partial charge in [0.2, 0.25) is 5.91 Å². The van der Waals surface area contributed by atoms with Crippen molar-refractivity contribution in [1.82, 2.24) is 0 Å². The summed E-state index contributed by atoms with van der Waals surface area (Å²) in [4.78, 5) is 23.8. The molecule has 0 aliphatic carbocycles. The smallest absolute Gasteiger partial charge is 0.328 e. The average Bonchev–Trinajstić information content (AvgIpc) is 2.41. The lowest BCUT2D eigenvalue weighted by Crippen LogP contribution is -2.35. The Bertz CT molecular complexity index is 544. The molecule has 0 heterocycles. The van der Waals surface area contributed by atoms with E-state index in [4.69, 9.17) is 10.8 Å². The molecule has 0 aliphatic rings. The fourth-order valence-corrected chi connectivity index (χ4v) is 2.26. The summed E-state index contributed by atoms with van der Waals surface area (Å²) >= 11 is 3.40. The van der Waals surface area contributed by atoms with Gasteiger partial charge in [0.25, 0.3) is 0 Å². The van der Waals surface area contributed by atoms with Crippen molar-refractivity contribution in [2.45, 2.75) is 19.8 Å². The molecule has 5 nitrogen and oxygen atoms in total. The van der Waals surface area contributed by atoms with E-state index in [0.717, 1.165) is 34.6 Å². The minimum absolute atomic E-state index is 0.102. The molecule has 0 fully saturated rings. The molecule has 1 rings (SSSR count). The molecule has 0 spiro atoms. The summed E-state index contributed by atoms with van der Waals surface area (Å²) in [5, 5.41) is 8.76. The fraction of sp³-hybridized carbons (Fsp3) is 0.333. The summed E-state index contributed by atoms with van der Waals surface area (Å²) < 4.78 is 0.857. The van der Waals surface area contributed by atoms with E-state index in [-0.39, 0.29) is 6.54 Å². The number of unbranched alkanes of at least 4 members (excludes halogenated alkanes) is 1. The summed E-state index contributed by atoms with van der Waals surface area (Å²) in [7, 11) is 0. The molecule has 1 aromatic carbocycles. The number of rotatable bonds is 8. The third kappa shape index (κ3) is 5.99. The molecule has 0 saturated carbocycles. The normalized spacial score (nSPS) is 10.8. The maximum atomic E-state index is 11.3. The first-order chi connectivity index (χ1) is 9.93. The first kappa shape index (κ1) is 17.2. The first-order valence-corrected chi connectivity index (χ1v) is 7.47. The van der Waals surface area contributed by atoms with Crippen LogP contribution in [-0.4, -0.2) is 30.1 Å². The number of carboxylic acids is 1. The highest BCUT2D eigenvalue weighted by molar-refractivity contribution is 9.10. The Labute approximate surface area is 132 Å². The van der Waals surface area contributed by atoms with Crippen LogP contribution in [0.3, 0.4) is 0 Å². The quantitative estimate of drug-likeness (QED) is 0.703. The van der Waals surface area contributed by atoms with Gasteiger partial charge in [-0.05, 0) is 30.2 Å². The van der Waals surface area contributed by atoms with Gasteiger partial charge in [0.15, 0.2) is 0 Å². The van der Waals surface area contributed by atoms with E-state index < -0.39 is 11.9 Å². The second kappa shape index (κ2) is 8.46. The molecule has 3 N–H and O–H groups in total. The molecule has 0 bridgehead atoms. The highest BCUT2D eigenvalue weighted by atomic mass is 79.9. The molecule has 0 aromatic heterocycles. The van der Waals surface area contributed by atoms with Gasteiger partial charge in [-0.3, -0.25) is 4.79 Å². The number of nitrogens with zero attached hydrogens (tertiary/aromatic N) is 1. The van der Waals surface area contributed by atoms with Crippen LogP contribution >= 0.6 is 15.9 Å². The third-order valence-electron chi connectivity index (χ3n) is 2.87. The van der Waals surface area contributed by atoms with Crippen molar-refractivity contribution >= 4 is 39.6 Å². The molecule has 114 valence electrons. The Kier molecular flexibility index (Phi) is 6.94. The number of anilines is 1. The van der Waals surface area contributed by atoms with Gasteiger partial charge in [0.1, 0.15) is 0 Å². The van der Waals surface area contributed by atoms with Crippen molar-refractivity contribution in [1.29, 1.82) is 0 Å². The zero-order valence-electron chi connectivity index (χ0n) is 11.9. The van der Waals surface area contributed by atoms with Crippen LogP contribution in [0.4, 0.5) is 5.69 Å². The standard InChI is InChI=1S/C15H19BrN2O3/c1-2-3-8-18(10-14(17)19)13-9-12(16)6-4-11(13)5-7-15(20)21/h4-7,9H,2-3,8,10H2,1H3,(H2,17,19)(H,20,21). The molecule has 0 atom stereocenters. The highest BCUT2D eigenvalue weighted by Crippen LogP contribution is 2.26. The molecule has 0 aliphatic heterocycles. The number of carbonyl (C=O) groups excluding carboxylic acids is 1. The van der Waals surface area contributed by atoms with E-state index >= 15 is 0 Å². The minimum Gasteiger partial charge on any atom is -0.478 e. The van der Waals surface area contributed by atoms with Crippen molar-refractivity contribution in [3.63, 3.8) is 0 Å². The number of halogens is 1. The largest absolute Gasteiger partial charge is 0.478 e. The number of carboxylic acid groups (broad SMARTS) is 1. The summed E-state index contributed by atoms with van der Waals surface area (Å²) in [5.41, 5.74) is 6.83. The van der Waals surface area contributed by atoms with Gasteiger partial charge in [-0.15, -0.1) is 0 Å². The van der Waals surface area contributed by atoms with Crippen LogP contribution in [0.1, 0.15) is 25.3 Å². The summed E-state index contributed by atoms with van der Waals surface area (Å²) in [6.45, 7) is 2.85. The molecule has 0 saturated heterocycles. The Morgan fingerprint density at radius 1 is 1.43 bits per heavy atom. The fourth-order valence-electron chi connectivity index (χ4n) is 1.91. The van der Waals surface area contributed by atoms with Crippen LogP contribution in [-0.2, 0) is 9.59 Å². The Balaban J connectivity index is 3.16. The van der Waals surface area contributed by atoms with Crippen molar-refractivity contribution < 1.29 is 14.7 Å². The monoisotopic (exact) mass is 354 g/mol. The second-order valence-corrected chi connectivity index (χ2v) is 5.53. The Hall–Kier alpha value is -1.82. The predicted octanol–water partition coefficient (Wildman–Crippen LogP) is 2.64. The molecule has 0 radical (unpaired) electrons. The average molecular weight is 355 g/mol. The molecule has 1 amide bonds. The lowest BCUT2D eigenvalue weighted by atomic mass is 10.1. The lowest BCUT2D eigenvalue weighted by molar-refractivity contribution is -0.131. The van der Waals surface area contributed by atoms with E-state index in [1.54, 1.807) is 6.07 Å². The van der Waals surface area contributed by atoms with E-state index in [1.807, 2.05) is 17.0 Å². The van der Waals surface area contributed by atoms with E-state index in [1.165, 1.54) is 6.08 Å². The number of benzene rings is 1. The zero-order chi connectivity index (χ0) is 15.8. The summed E-state index contributed by atoms with van der Waals surface area (Å²) in [6.07, 6.45) is 4.50. The third-order valence-corrected chi connectivity index (χ3v) is 3.36. The second-order valence-electron chi connectivity index (χ2n) is 4.62. The van der Waals surface area contributed by atoms with Crippen molar-refractivity contribution in [2.24, 2.45) is 5.73 Å². The van der Waals surface area contributed by atoms with Crippen LogP contribution in [0.5, 0.6) is 0 Å². The molecule has 0 unspecified atom stereocenters. The number of hydrogen-bond donors (Lipinski definition) is 2. The van der Waals surface area contributed by atoms with Gasteiger partial charge in [0, 0.05) is 22.8 Å². The molecule has 6 heteroatoms. The molecular weight excluding hydrogens is 336 g/mol. The van der Waals surface area contributed by atoms with Crippen molar-refractivity contribution in [2.75, 3.05) is 18.0 Å². The van der Waals surface area contributed by atoms with Crippen LogP contribution in [0.2, 0.25) is 0 Å². The van der Waals surface area contributed by atoms with Gasteiger partial charge in [-0.25, -0.2) is 4.79 Å². The Morgan fingerprint density at radius 3 is 2.71 bits per heavy atom. The van der Waals surface area contributed by atoms with Crippen LogP contribution in [0, 0.1) is 0 Å². The van der Waals surface area contributed by atoms with Crippen LogP contribution in [0.15, 0.2) is 28.7 Å². The molecular formula is C15H19BrN2O3. The predicted molar refractivity (Wildman–Crippen MR) is 87.1 cm³/mol. The number of amides is 1. The van der Waals surface area contributed by atoms with Crippen molar-refractivity contribution in [3.05, 3.63) is 34.3 Å². The first-order valence-electron chi connectivity index (χ1n) is 6.67. The van der Waals surface area contributed by atoms with E-state index in [9.17, 15) is 9.59 Å². The van der Waals surface area contributed by atoms with Crippen LogP contribution < -0.4 is 10.6 Å². The van der Waals surface area contributed by atoms with Crippen molar-refractivity contribution in [3.8, 4) is 0 Å². The summed E-state index contributed by atoms with van der Waals surface area (Å²) in [6, 6.07) is 5.49. The molecule has 21 heavy (non-hydrogen) atoms. The summed E-state index contributed by atoms with van der Waals surface area (Å²) in [5.74, 6) is -1.43. The van der Waals surface area contributed by atoms with E-state index in [0.29, 0.717) is 6.54 Å². The number of primary amides is 1. The van der Waals surface area contributed by atoms with E-state index in [2.05, 4.69) is 22.9 Å². The number of hydrogen-bond acceptors (Lipinski definition) is 3. The molecule has 1 aromatic rings. The van der Waals surface area contributed by atoms with Gasteiger partial charge in [-0.2, -0.15) is 0 Å². The number of nitrogens with two attached hydrogens (primary N) is 1. The van der Waals surface area contributed by atoms with Gasteiger partial charge in [0.05, 0.1) is 6.54 Å². The number of carbonyl (C=O) groups is 2. The maximum Gasteiger partial charge on any atom is 0.328 e. The lowest BCUT2D eigenvalue weighted by Gasteiger charge is -2.25. The van der Waals surface area contributed by atoms with Gasteiger partial charge >= 0.3 is 5.97 Å². The maximum absolute atomic E-state index is 11.3. The minimum atomic E-state index is -1.01. The zero-order valence-corrected chi connectivity index (χ0v) is 13.5. The van der Waals surface area contributed by atoms with Crippen LogP contribution in [0.25, 0.3) is 6.08 Å². The van der Waals surface area contributed by atoms with Gasteiger partial charge < -0.3 is 15.7 Å². The van der Waals surface area contributed by atoms with Gasteiger partial charge in [-0.1, -0.05) is 35.3 Å². The SMILES string of the molecule is CCCCN(CC(N)=O)c1cc(Br)ccc1C=CC(=O)O. The highest BCUT2D eigenvalue weighted by Gasteiger charge is 2.13. The Morgan fingerprint density at radius 2 is 2.14 bits per heavy atom. The number of aliphatic carboxylic acids is 1.